The second-order valence-electron chi connectivity index (χ2n) is 6.80. The molecule has 1 fully saturated rings. The Morgan fingerprint density at radius 2 is 1.60 bits per heavy atom. The van der Waals surface area contributed by atoms with Gasteiger partial charge in [-0.2, -0.15) is 0 Å². The van der Waals surface area contributed by atoms with Gasteiger partial charge in [0.05, 0.1) is 20.3 Å². The third-order valence-electron chi connectivity index (χ3n) is 4.94. The van der Waals surface area contributed by atoms with Crippen molar-refractivity contribution in [3.8, 4) is 11.5 Å². The van der Waals surface area contributed by atoms with Crippen LogP contribution in [-0.2, 0) is 14.6 Å². The van der Waals surface area contributed by atoms with E-state index in [-0.39, 0.29) is 40.6 Å². The maximum Gasteiger partial charge on any atom is 0.519 e. The number of ether oxygens (including phenoxy) is 2. The summed E-state index contributed by atoms with van der Waals surface area (Å²) in [4.78, 5) is 32.7. The third-order valence-corrected chi connectivity index (χ3v) is 7.56. The molecule has 0 radical (unpaired) electrons. The summed E-state index contributed by atoms with van der Waals surface area (Å²) in [5, 5.41) is 21.8. The summed E-state index contributed by atoms with van der Waals surface area (Å²) in [6, 6.07) is 7.96. The molecule has 1 unspecified atom stereocenters. The van der Waals surface area contributed by atoms with E-state index in [0.717, 1.165) is 30.3 Å². The number of hydrogen-bond acceptors (Lipinski definition) is 9. The van der Waals surface area contributed by atoms with Crippen molar-refractivity contribution < 1.29 is 32.5 Å². The average Bonchev–Trinajstić information content (AvgIpc) is 2.95. The van der Waals surface area contributed by atoms with Crippen LogP contribution >= 0.6 is 0 Å². The topological polar surface area (TPSA) is 156 Å². The normalized spacial score (nSPS) is 19.8. The quantitative estimate of drug-likeness (QED) is 0.296. The van der Waals surface area contributed by atoms with Crippen molar-refractivity contribution in [3.63, 3.8) is 0 Å². The van der Waals surface area contributed by atoms with E-state index in [1.54, 1.807) is 0 Å². The number of nitrogens with zero attached hydrogens (tertiary/aromatic N) is 2. The number of carbonyl (C=O) groups excluding carboxylic acids is 1. The van der Waals surface area contributed by atoms with Crippen LogP contribution < -0.4 is 9.47 Å². The molecule has 30 heavy (non-hydrogen) atoms. The highest BCUT2D eigenvalue weighted by atomic mass is 32.2. The summed E-state index contributed by atoms with van der Waals surface area (Å²) in [5.74, 6) is -0.298. The Morgan fingerprint density at radius 3 is 2.13 bits per heavy atom. The fraction of sp³-hybridized carbons (Fsp3) is 0.278. The van der Waals surface area contributed by atoms with Crippen LogP contribution in [0.25, 0.3) is 0 Å². The minimum atomic E-state index is -3.63. The smallest absolute Gasteiger partial charge is 0.395 e. The Hall–Kier alpha value is -3.54. The van der Waals surface area contributed by atoms with Crippen LogP contribution in [0, 0.1) is 20.2 Å². The lowest BCUT2D eigenvalue weighted by molar-refractivity contribution is -0.385. The molecule has 12 heteroatoms. The number of non-ortho nitro benzene ring substituents is 2. The monoisotopic (exact) mass is 436 g/mol. The molecular weight excluding hydrogens is 420 g/mol. The molecule has 1 aliphatic heterocycles. The van der Waals surface area contributed by atoms with Gasteiger partial charge in [-0.1, -0.05) is 0 Å². The number of hydrogen-bond donors (Lipinski definition) is 0. The molecule has 0 spiro atoms. The van der Waals surface area contributed by atoms with Crippen LogP contribution in [0.15, 0.2) is 42.5 Å². The molecule has 0 aromatic heterocycles. The van der Waals surface area contributed by atoms with E-state index in [2.05, 4.69) is 0 Å². The van der Waals surface area contributed by atoms with Crippen LogP contribution in [0.1, 0.15) is 25.3 Å². The van der Waals surface area contributed by atoms with Crippen molar-refractivity contribution in [1.82, 2.24) is 0 Å². The second-order valence-corrected chi connectivity index (χ2v) is 9.33. The zero-order chi connectivity index (χ0) is 22.1. The Kier molecular flexibility index (Phi) is 5.44. The van der Waals surface area contributed by atoms with E-state index in [4.69, 9.17) is 9.47 Å². The molecule has 0 amide bonds. The van der Waals surface area contributed by atoms with Crippen molar-refractivity contribution in [1.29, 1.82) is 0 Å². The Labute approximate surface area is 170 Å². The molecule has 3 rings (SSSR count). The molecule has 1 saturated heterocycles. The van der Waals surface area contributed by atoms with Crippen LogP contribution in [0.5, 0.6) is 11.5 Å². The first-order valence-electron chi connectivity index (χ1n) is 8.69. The van der Waals surface area contributed by atoms with Crippen molar-refractivity contribution in [3.05, 3.63) is 68.3 Å². The molecule has 1 atom stereocenters. The summed E-state index contributed by atoms with van der Waals surface area (Å²) >= 11 is 0. The van der Waals surface area contributed by atoms with Gasteiger partial charge in [0.2, 0.25) is 0 Å². The van der Waals surface area contributed by atoms with Gasteiger partial charge in [0, 0.05) is 29.8 Å². The van der Waals surface area contributed by atoms with Gasteiger partial charge in [-0.25, -0.2) is 13.2 Å². The highest BCUT2D eigenvalue weighted by Crippen LogP contribution is 2.46. The van der Waals surface area contributed by atoms with Crippen LogP contribution in [0.3, 0.4) is 0 Å². The van der Waals surface area contributed by atoms with Gasteiger partial charge in [0.1, 0.15) is 11.5 Å². The molecule has 2 aromatic rings. The predicted octanol–water partition coefficient (Wildman–Crippen LogP) is 3.50. The van der Waals surface area contributed by atoms with Crippen molar-refractivity contribution >= 4 is 27.4 Å². The Bertz CT molecular complexity index is 1130. The fourth-order valence-corrected chi connectivity index (χ4v) is 5.18. The minimum absolute atomic E-state index is 0.00477. The van der Waals surface area contributed by atoms with Crippen LogP contribution in [0.4, 0.5) is 16.2 Å². The first-order chi connectivity index (χ1) is 14.0. The number of nitro benzene ring substituents is 2. The summed E-state index contributed by atoms with van der Waals surface area (Å²) in [7, 11) is -3.63. The van der Waals surface area contributed by atoms with E-state index in [1.165, 1.54) is 19.1 Å². The van der Waals surface area contributed by atoms with Gasteiger partial charge in [0.15, 0.2) is 9.84 Å². The van der Waals surface area contributed by atoms with E-state index in [9.17, 15) is 33.4 Å². The predicted molar refractivity (Wildman–Crippen MR) is 103 cm³/mol. The molecular formula is C18H16N2O9S. The number of sulfone groups is 1. The molecule has 2 aromatic carbocycles. The van der Waals surface area contributed by atoms with Gasteiger partial charge in [-0.3, -0.25) is 20.2 Å². The highest BCUT2D eigenvalue weighted by Gasteiger charge is 2.47. The standard InChI is InChI=1S/C18H16N2O9S/c1-18(9-2-10-30(18,26)27)15-11-13(20(24)25)5-8-16(15)29-17(21)28-14-6-3-12(4-7-14)19(22)23/h3-8,11H,2,9-10H2,1H3. The van der Waals surface area contributed by atoms with Crippen molar-refractivity contribution in [2.75, 3.05) is 5.75 Å². The van der Waals surface area contributed by atoms with Crippen LogP contribution in [-0.4, -0.2) is 30.2 Å². The number of nitro groups is 2. The number of rotatable bonds is 5. The van der Waals surface area contributed by atoms with Crippen LogP contribution in [0.2, 0.25) is 0 Å². The minimum Gasteiger partial charge on any atom is -0.395 e. The number of benzene rings is 2. The van der Waals surface area contributed by atoms with E-state index in [1.807, 2.05) is 0 Å². The Morgan fingerprint density at radius 1 is 1.00 bits per heavy atom. The van der Waals surface area contributed by atoms with Crippen molar-refractivity contribution in [2.24, 2.45) is 0 Å². The molecule has 1 heterocycles. The van der Waals surface area contributed by atoms with Gasteiger partial charge in [-0.05, 0) is 38.0 Å². The largest absolute Gasteiger partial charge is 0.519 e. The maximum absolute atomic E-state index is 12.6. The summed E-state index contributed by atoms with van der Waals surface area (Å²) in [5.41, 5.74) is -0.549. The lowest BCUT2D eigenvalue weighted by Crippen LogP contribution is -2.29. The molecule has 0 aliphatic carbocycles. The summed E-state index contributed by atoms with van der Waals surface area (Å²) in [6.45, 7) is 1.43. The molecule has 11 nitrogen and oxygen atoms in total. The third kappa shape index (κ3) is 3.94. The lowest BCUT2D eigenvalue weighted by atomic mass is 9.94. The zero-order valence-corrected chi connectivity index (χ0v) is 16.5. The SMILES string of the molecule is CC1(c2cc([N+](=O)[O-])ccc2OC(=O)Oc2ccc([N+](=O)[O-])cc2)CCCS1(=O)=O. The lowest BCUT2D eigenvalue weighted by Gasteiger charge is -2.25. The van der Waals surface area contributed by atoms with E-state index < -0.39 is 30.6 Å². The number of carbonyl (C=O) groups is 1. The molecule has 0 bridgehead atoms. The van der Waals surface area contributed by atoms with Gasteiger partial charge in [-0.15, -0.1) is 0 Å². The molecule has 0 saturated carbocycles. The first-order valence-corrected chi connectivity index (χ1v) is 10.3. The maximum atomic E-state index is 12.6. The Balaban J connectivity index is 1.91. The molecule has 0 N–H and O–H groups in total. The second kappa shape index (κ2) is 7.71. The van der Waals surface area contributed by atoms with Crippen molar-refractivity contribution in [2.45, 2.75) is 24.5 Å². The summed E-state index contributed by atoms with van der Waals surface area (Å²) < 4.78 is 33.8. The van der Waals surface area contributed by atoms with E-state index in [0.29, 0.717) is 6.42 Å². The van der Waals surface area contributed by atoms with Gasteiger partial charge in [0.25, 0.3) is 11.4 Å². The van der Waals surface area contributed by atoms with E-state index >= 15 is 0 Å². The molecule has 1 aliphatic rings. The van der Waals surface area contributed by atoms with Gasteiger partial charge >= 0.3 is 6.16 Å². The summed E-state index contributed by atoms with van der Waals surface area (Å²) in [6.07, 6.45) is -0.642. The average molecular weight is 436 g/mol. The fourth-order valence-electron chi connectivity index (χ4n) is 3.26. The zero-order valence-electron chi connectivity index (χ0n) is 15.6. The molecule has 158 valence electrons. The van der Waals surface area contributed by atoms with Gasteiger partial charge < -0.3 is 9.47 Å². The first kappa shape index (κ1) is 21.2. The highest BCUT2D eigenvalue weighted by molar-refractivity contribution is 7.92.